The van der Waals surface area contributed by atoms with Gasteiger partial charge in [-0.25, -0.2) is 0 Å². The molecule has 0 aliphatic heterocycles. The average Bonchev–Trinajstić information content (AvgIpc) is 3.54. The number of anilines is 2. The zero-order valence-corrected chi connectivity index (χ0v) is 46.4. The number of hydrogen-bond acceptors (Lipinski definition) is 14. The van der Waals surface area contributed by atoms with Crippen LogP contribution in [-0.2, 0) is 24.0 Å². The maximum atomic E-state index is 12.8. The Labute approximate surface area is 510 Å². The van der Waals surface area contributed by atoms with Crippen LogP contribution in [0.25, 0.3) is 22.2 Å². The number of aromatic nitrogens is 1. The molecule has 2 amide bonds. The number of carboxylic acids is 4. The predicted molar refractivity (Wildman–Crippen MR) is 191 cm³/mol. The van der Waals surface area contributed by atoms with Crippen LogP contribution in [0.2, 0.25) is 0 Å². The summed E-state index contributed by atoms with van der Waals surface area (Å²) in [5.74, 6) is -6.66. The van der Waals surface area contributed by atoms with Crippen molar-refractivity contribution in [2.75, 3.05) is 62.3 Å². The molecular weight excluding hydrogens is 875 g/mol. The SMILES string of the molecule is C=C(C)C(=O)NCCNC(=O)c1ccc2cc(-c3ccc(N(CC(=O)[O-])CC(=O)[O-])c(OCCOc4cc(C)ccc4N(CC(=O)[O-])CC(=O)[O-])c3)[nH]c2c1.[K+].[K+].[K+].[K+]. The molecular formula is C38H37K4N5O12. The van der Waals surface area contributed by atoms with E-state index >= 15 is 0 Å². The second kappa shape index (κ2) is 29.0. The summed E-state index contributed by atoms with van der Waals surface area (Å²) in [5, 5.41) is 51.9. The van der Waals surface area contributed by atoms with Crippen LogP contribution in [0.5, 0.6) is 11.5 Å². The van der Waals surface area contributed by atoms with E-state index in [-0.39, 0.29) is 267 Å². The molecule has 3 aromatic carbocycles. The van der Waals surface area contributed by atoms with Crippen molar-refractivity contribution < 1.29 is 264 Å². The van der Waals surface area contributed by atoms with Gasteiger partial charge in [-0.3, -0.25) is 9.59 Å². The molecule has 0 spiro atoms. The second-order valence-corrected chi connectivity index (χ2v) is 12.3. The second-order valence-electron chi connectivity index (χ2n) is 12.3. The molecule has 3 N–H and O–H groups in total. The van der Waals surface area contributed by atoms with Gasteiger partial charge in [-0.15, -0.1) is 0 Å². The van der Waals surface area contributed by atoms with Crippen LogP contribution in [-0.4, -0.2) is 93.2 Å². The number of nitrogens with zero attached hydrogens (tertiary/aromatic N) is 2. The number of rotatable bonds is 21. The van der Waals surface area contributed by atoms with Gasteiger partial charge in [-0.1, -0.05) is 24.8 Å². The number of fused-ring (bicyclic) bond motifs is 1. The van der Waals surface area contributed by atoms with E-state index in [1.807, 2.05) is 0 Å². The first kappa shape index (κ1) is 58.5. The Balaban J connectivity index is 0.00000841. The van der Waals surface area contributed by atoms with Crippen molar-refractivity contribution in [3.05, 3.63) is 83.9 Å². The minimum absolute atomic E-state index is 0. The summed E-state index contributed by atoms with van der Waals surface area (Å²) in [7, 11) is 0. The number of benzene rings is 3. The van der Waals surface area contributed by atoms with Crippen LogP contribution in [0.1, 0.15) is 22.8 Å². The quantitative estimate of drug-likeness (QED) is 0.0399. The molecule has 0 saturated heterocycles. The number of amides is 2. The summed E-state index contributed by atoms with van der Waals surface area (Å²) in [5.41, 5.74) is 3.35. The number of nitrogens with one attached hydrogen (secondary N) is 3. The van der Waals surface area contributed by atoms with E-state index in [4.69, 9.17) is 9.47 Å². The number of H-pyrrole nitrogens is 1. The van der Waals surface area contributed by atoms with Crippen molar-refractivity contribution in [3.8, 4) is 22.8 Å². The maximum Gasteiger partial charge on any atom is 1.00 e. The van der Waals surface area contributed by atoms with Gasteiger partial charge in [-0.05, 0) is 61.9 Å². The summed E-state index contributed by atoms with van der Waals surface area (Å²) < 4.78 is 11.9. The molecule has 0 radical (unpaired) electrons. The summed E-state index contributed by atoms with van der Waals surface area (Å²) >= 11 is 0. The van der Waals surface area contributed by atoms with Gasteiger partial charge >= 0.3 is 206 Å². The third-order valence-corrected chi connectivity index (χ3v) is 7.91. The largest absolute Gasteiger partial charge is 1.00 e. The molecule has 0 bridgehead atoms. The Bertz CT molecular complexity index is 2100. The van der Waals surface area contributed by atoms with Gasteiger partial charge in [0.1, 0.15) is 24.7 Å². The van der Waals surface area contributed by atoms with Gasteiger partial charge in [0.15, 0.2) is 0 Å². The van der Waals surface area contributed by atoms with Crippen LogP contribution >= 0.6 is 0 Å². The molecule has 1 heterocycles. The first-order valence-electron chi connectivity index (χ1n) is 16.8. The van der Waals surface area contributed by atoms with Crippen molar-refractivity contribution >= 4 is 58.0 Å². The fourth-order valence-corrected chi connectivity index (χ4v) is 5.46. The van der Waals surface area contributed by atoms with E-state index in [1.54, 1.807) is 62.4 Å². The third-order valence-electron chi connectivity index (χ3n) is 7.91. The molecule has 290 valence electrons. The van der Waals surface area contributed by atoms with E-state index in [2.05, 4.69) is 22.2 Å². The molecule has 0 aliphatic rings. The maximum absolute atomic E-state index is 12.8. The van der Waals surface area contributed by atoms with Crippen LogP contribution in [0.3, 0.4) is 0 Å². The molecule has 0 fully saturated rings. The number of aromatic amines is 1. The predicted octanol–water partition coefficient (Wildman–Crippen LogP) is -14.3. The Kier molecular flexibility index (Phi) is 28.8. The number of aliphatic carboxylic acids is 4. The van der Waals surface area contributed by atoms with Crippen molar-refractivity contribution in [3.63, 3.8) is 0 Å². The minimum Gasteiger partial charge on any atom is -0.548 e. The first-order valence-corrected chi connectivity index (χ1v) is 16.8. The standard InChI is InChI=1S/C38H41N5O12.4K/c1-22(2)37(52)39-10-11-40-38(53)26-6-5-24-15-27(41-28(24)16-26)25-7-9-30(43(20-35(48)49)21-36(50)51)32(17-25)55-13-12-54-31-14-23(3)4-8-29(31)42(18-33(44)45)19-34(46)47;;;;/h4-9,14-17,41H,1,10-13,18-21H2,2-3H3,(H,39,52)(H,40,53)(H,44,45)(H,46,47)(H,48,49)(H,50,51);;;;/q;4*+1/p-4. The molecule has 0 saturated carbocycles. The molecule has 0 aliphatic carbocycles. The first-order chi connectivity index (χ1) is 26.1. The Morgan fingerprint density at radius 2 is 1.15 bits per heavy atom. The smallest absolute Gasteiger partial charge is 0.548 e. The molecule has 0 unspecified atom stereocenters. The summed E-state index contributed by atoms with van der Waals surface area (Å²) in [4.78, 5) is 75.5. The Morgan fingerprint density at radius 1 is 0.661 bits per heavy atom. The number of aryl methyl sites for hydroxylation is 1. The molecule has 4 aromatic rings. The third kappa shape index (κ3) is 19.0. The normalized spacial score (nSPS) is 9.93. The van der Waals surface area contributed by atoms with E-state index in [9.17, 15) is 49.2 Å². The van der Waals surface area contributed by atoms with Gasteiger partial charge in [0.2, 0.25) is 5.91 Å². The Morgan fingerprint density at radius 3 is 1.66 bits per heavy atom. The fraction of sp³-hybridized carbons (Fsp3) is 0.263. The van der Waals surface area contributed by atoms with Crippen LogP contribution < -0.4 is 256 Å². The summed E-state index contributed by atoms with van der Waals surface area (Å²) in [6.07, 6.45) is 0. The fourth-order valence-electron chi connectivity index (χ4n) is 5.46. The number of hydrogen-bond donors (Lipinski definition) is 3. The number of ether oxygens (including phenoxy) is 2. The van der Waals surface area contributed by atoms with Crippen molar-refractivity contribution in [1.29, 1.82) is 0 Å². The monoisotopic (exact) mass is 911 g/mol. The van der Waals surface area contributed by atoms with E-state index < -0.39 is 50.1 Å². The van der Waals surface area contributed by atoms with Crippen LogP contribution in [0.4, 0.5) is 11.4 Å². The van der Waals surface area contributed by atoms with E-state index in [1.165, 1.54) is 12.1 Å². The zero-order chi connectivity index (χ0) is 40.2. The van der Waals surface area contributed by atoms with Gasteiger partial charge in [0.05, 0.1) is 61.4 Å². The van der Waals surface area contributed by atoms with Crippen LogP contribution in [0, 0.1) is 6.92 Å². The average molecular weight is 912 g/mol. The molecule has 59 heavy (non-hydrogen) atoms. The van der Waals surface area contributed by atoms with Gasteiger partial charge in [0.25, 0.3) is 5.91 Å². The number of carbonyl (C=O) groups excluding carboxylic acids is 6. The molecule has 1 aromatic heterocycles. The molecule has 21 heteroatoms. The number of carbonyl (C=O) groups is 6. The minimum atomic E-state index is -1.56. The van der Waals surface area contributed by atoms with E-state index in [0.717, 1.165) is 15.2 Å². The topological polar surface area (TPSA) is 259 Å². The molecule has 4 rings (SSSR count). The van der Waals surface area contributed by atoms with Crippen molar-refractivity contribution in [2.24, 2.45) is 0 Å². The number of carboxylic acid groups (broad SMARTS) is 4. The van der Waals surface area contributed by atoms with Gasteiger partial charge < -0.3 is 74.5 Å². The zero-order valence-electron chi connectivity index (χ0n) is 33.9. The summed E-state index contributed by atoms with van der Waals surface area (Å²) in [6, 6.07) is 16.1. The molecule has 17 nitrogen and oxygen atoms in total. The van der Waals surface area contributed by atoms with Crippen molar-refractivity contribution in [2.45, 2.75) is 13.8 Å². The Hall–Kier alpha value is -0.495. The van der Waals surface area contributed by atoms with Crippen LogP contribution in [0.15, 0.2) is 72.8 Å². The van der Waals surface area contributed by atoms with Crippen molar-refractivity contribution in [1.82, 2.24) is 15.6 Å². The van der Waals surface area contributed by atoms with E-state index in [0.29, 0.717) is 33.5 Å². The molecule has 0 atom stereocenters. The summed E-state index contributed by atoms with van der Waals surface area (Å²) in [6.45, 7) is 3.77. The van der Waals surface area contributed by atoms with Gasteiger partial charge in [0, 0.05) is 46.4 Å². The van der Waals surface area contributed by atoms with Gasteiger partial charge in [-0.2, -0.15) is 0 Å².